The van der Waals surface area contributed by atoms with Crippen molar-refractivity contribution in [2.24, 2.45) is 5.10 Å². The van der Waals surface area contributed by atoms with Gasteiger partial charge in [-0.2, -0.15) is 5.10 Å². The van der Waals surface area contributed by atoms with Gasteiger partial charge in [-0.15, -0.1) is 0 Å². The van der Waals surface area contributed by atoms with Crippen LogP contribution in [-0.2, 0) is 14.8 Å². The molecule has 0 unspecified atom stereocenters. The number of sulfonamides is 1. The summed E-state index contributed by atoms with van der Waals surface area (Å²) < 4.78 is 39.1. The van der Waals surface area contributed by atoms with Crippen LogP contribution in [0.1, 0.15) is 27.0 Å². The smallest absolute Gasteiger partial charge is 0.343 e. The molecule has 0 saturated carbocycles. The van der Waals surface area contributed by atoms with Gasteiger partial charge in [0.1, 0.15) is 18.0 Å². The van der Waals surface area contributed by atoms with Crippen LogP contribution in [0, 0.1) is 13.8 Å². The lowest BCUT2D eigenvalue weighted by atomic mass is 10.2. The van der Waals surface area contributed by atoms with Crippen molar-refractivity contribution in [1.82, 2.24) is 5.43 Å². The Bertz CT molecular complexity index is 1650. The highest BCUT2D eigenvalue weighted by molar-refractivity contribution is 7.92. The van der Waals surface area contributed by atoms with Crippen LogP contribution in [0.5, 0.6) is 11.5 Å². The van der Waals surface area contributed by atoms with Crippen LogP contribution in [0.3, 0.4) is 0 Å². The number of nitrogens with zero attached hydrogens (tertiary/aromatic N) is 2. The fraction of sp³-hybridized carbons (Fsp3) is 0.129. The fourth-order valence-electron chi connectivity index (χ4n) is 3.84. The molecule has 4 rings (SSSR count). The molecule has 0 aliphatic heterocycles. The average molecular weight is 572 g/mol. The molecule has 4 aromatic rings. The molecule has 0 atom stereocenters. The summed E-state index contributed by atoms with van der Waals surface area (Å²) >= 11 is 0. The SMILES string of the molecule is COc1ccc(C)cc1N(CC(=O)N/N=C\c1ccc(OC(=O)c2ccccc2)cc1)S(=O)(=O)c1ccc(C)cc1. The number of carbonyl (C=O) groups is 2. The number of ether oxygens (including phenoxy) is 2. The number of methoxy groups -OCH3 is 1. The van der Waals surface area contributed by atoms with Gasteiger partial charge in [0.05, 0.1) is 29.5 Å². The number of aryl methyl sites for hydroxylation is 2. The van der Waals surface area contributed by atoms with E-state index in [9.17, 15) is 18.0 Å². The summed E-state index contributed by atoms with van der Waals surface area (Å²) in [5, 5.41) is 3.97. The second-order valence-corrected chi connectivity index (χ2v) is 11.0. The number of hydrogen-bond acceptors (Lipinski definition) is 7. The van der Waals surface area contributed by atoms with Gasteiger partial charge in [0.25, 0.3) is 15.9 Å². The molecule has 210 valence electrons. The van der Waals surface area contributed by atoms with Crippen LogP contribution in [0.4, 0.5) is 5.69 Å². The Morgan fingerprint density at radius 2 is 1.54 bits per heavy atom. The number of hydrogen-bond donors (Lipinski definition) is 1. The maximum atomic E-state index is 13.7. The number of carbonyl (C=O) groups excluding carboxylic acids is 2. The zero-order valence-electron chi connectivity index (χ0n) is 22.8. The topological polar surface area (TPSA) is 114 Å². The minimum atomic E-state index is -4.13. The highest BCUT2D eigenvalue weighted by Gasteiger charge is 2.29. The first-order valence-electron chi connectivity index (χ1n) is 12.6. The zero-order chi connectivity index (χ0) is 29.4. The van der Waals surface area contributed by atoms with Crippen LogP contribution < -0.4 is 19.2 Å². The number of esters is 1. The number of benzene rings is 4. The Morgan fingerprint density at radius 1 is 0.878 bits per heavy atom. The van der Waals surface area contributed by atoms with E-state index in [1.54, 1.807) is 78.9 Å². The molecule has 4 aromatic carbocycles. The van der Waals surface area contributed by atoms with Crippen molar-refractivity contribution in [1.29, 1.82) is 0 Å². The second kappa shape index (κ2) is 12.9. The second-order valence-electron chi connectivity index (χ2n) is 9.12. The molecule has 10 heteroatoms. The van der Waals surface area contributed by atoms with E-state index in [-0.39, 0.29) is 10.6 Å². The number of nitrogens with one attached hydrogen (secondary N) is 1. The molecule has 0 heterocycles. The Morgan fingerprint density at radius 3 is 2.20 bits per heavy atom. The standard InChI is InChI=1S/C31H29N3O6S/c1-22-9-16-27(17-10-22)41(37,38)34(28-19-23(2)11-18-29(28)39-3)21-30(35)33-32-20-24-12-14-26(15-13-24)40-31(36)25-7-5-4-6-8-25/h4-20H,21H2,1-3H3,(H,33,35)/b32-20-. The van der Waals surface area contributed by atoms with E-state index in [0.717, 1.165) is 15.4 Å². The number of hydrazone groups is 1. The normalized spacial score (nSPS) is 11.2. The highest BCUT2D eigenvalue weighted by Crippen LogP contribution is 2.33. The lowest BCUT2D eigenvalue weighted by molar-refractivity contribution is -0.119. The molecule has 41 heavy (non-hydrogen) atoms. The third-order valence-electron chi connectivity index (χ3n) is 6.00. The van der Waals surface area contributed by atoms with Crippen molar-refractivity contribution in [3.05, 3.63) is 119 Å². The largest absolute Gasteiger partial charge is 0.495 e. The summed E-state index contributed by atoms with van der Waals surface area (Å²) in [7, 11) is -2.69. The van der Waals surface area contributed by atoms with Gasteiger partial charge in [-0.3, -0.25) is 9.10 Å². The summed E-state index contributed by atoms with van der Waals surface area (Å²) in [6.07, 6.45) is 1.40. The maximum absolute atomic E-state index is 13.7. The van der Waals surface area contributed by atoms with Crippen molar-refractivity contribution in [3.8, 4) is 11.5 Å². The number of amides is 1. The van der Waals surface area contributed by atoms with Gasteiger partial charge in [0.2, 0.25) is 0 Å². The minimum Gasteiger partial charge on any atom is -0.495 e. The molecular weight excluding hydrogens is 542 g/mol. The molecule has 0 fully saturated rings. The molecular formula is C31H29N3O6S. The van der Waals surface area contributed by atoms with Gasteiger partial charge in [0.15, 0.2) is 0 Å². The monoisotopic (exact) mass is 571 g/mol. The van der Waals surface area contributed by atoms with E-state index in [0.29, 0.717) is 22.6 Å². The van der Waals surface area contributed by atoms with E-state index in [1.165, 1.54) is 25.5 Å². The van der Waals surface area contributed by atoms with E-state index in [2.05, 4.69) is 10.5 Å². The number of rotatable bonds is 10. The van der Waals surface area contributed by atoms with E-state index in [1.807, 2.05) is 19.9 Å². The maximum Gasteiger partial charge on any atom is 0.343 e. The lowest BCUT2D eigenvalue weighted by Crippen LogP contribution is -2.39. The third-order valence-corrected chi connectivity index (χ3v) is 7.78. The van der Waals surface area contributed by atoms with Gasteiger partial charge in [0, 0.05) is 0 Å². The van der Waals surface area contributed by atoms with Crippen LogP contribution in [0.15, 0.2) is 107 Å². The van der Waals surface area contributed by atoms with Gasteiger partial charge in [-0.25, -0.2) is 18.6 Å². The minimum absolute atomic E-state index is 0.0380. The van der Waals surface area contributed by atoms with Gasteiger partial charge >= 0.3 is 5.97 Å². The quantitative estimate of drug-likeness (QED) is 0.126. The van der Waals surface area contributed by atoms with Crippen molar-refractivity contribution < 1.29 is 27.5 Å². The first-order valence-corrected chi connectivity index (χ1v) is 14.0. The van der Waals surface area contributed by atoms with E-state index >= 15 is 0 Å². The van der Waals surface area contributed by atoms with Gasteiger partial charge < -0.3 is 9.47 Å². The molecule has 1 N–H and O–H groups in total. The fourth-order valence-corrected chi connectivity index (χ4v) is 5.26. The van der Waals surface area contributed by atoms with Gasteiger partial charge in [-0.1, -0.05) is 42.0 Å². The molecule has 0 bridgehead atoms. The first-order chi connectivity index (χ1) is 19.7. The van der Waals surface area contributed by atoms with Crippen LogP contribution in [0.25, 0.3) is 0 Å². The molecule has 0 spiro atoms. The molecule has 0 aliphatic carbocycles. The molecule has 0 aromatic heterocycles. The van der Waals surface area contributed by atoms with Gasteiger partial charge in [-0.05, 0) is 85.6 Å². The summed E-state index contributed by atoms with van der Waals surface area (Å²) in [4.78, 5) is 25.2. The summed E-state index contributed by atoms with van der Waals surface area (Å²) in [5.74, 6) is -0.483. The van der Waals surface area contributed by atoms with Crippen molar-refractivity contribution in [2.45, 2.75) is 18.7 Å². The Kier molecular flexibility index (Phi) is 9.15. The molecule has 0 saturated heterocycles. The summed E-state index contributed by atoms with van der Waals surface area (Å²) in [5.41, 5.74) is 5.36. The molecule has 0 radical (unpaired) electrons. The van der Waals surface area contributed by atoms with E-state index < -0.39 is 28.4 Å². The van der Waals surface area contributed by atoms with Crippen molar-refractivity contribution >= 4 is 33.8 Å². The lowest BCUT2D eigenvalue weighted by Gasteiger charge is -2.25. The Balaban J connectivity index is 1.48. The molecule has 9 nitrogen and oxygen atoms in total. The summed E-state index contributed by atoms with van der Waals surface area (Å²) in [6, 6.07) is 26.6. The molecule has 1 amide bonds. The predicted octanol–water partition coefficient (Wildman–Crippen LogP) is 4.88. The predicted molar refractivity (Wildman–Crippen MR) is 157 cm³/mol. The highest BCUT2D eigenvalue weighted by atomic mass is 32.2. The van der Waals surface area contributed by atoms with Crippen molar-refractivity contribution in [2.75, 3.05) is 18.0 Å². The average Bonchev–Trinajstić information content (AvgIpc) is 2.97. The zero-order valence-corrected chi connectivity index (χ0v) is 23.6. The third kappa shape index (κ3) is 7.37. The Hall–Kier alpha value is -4.96. The van der Waals surface area contributed by atoms with Crippen LogP contribution in [0.2, 0.25) is 0 Å². The Labute approximate surface area is 239 Å². The van der Waals surface area contributed by atoms with Crippen LogP contribution in [-0.4, -0.2) is 40.2 Å². The van der Waals surface area contributed by atoms with E-state index in [4.69, 9.17) is 9.47 Å². The number of anilines is 1. The van der Waals surface area contributed by atoms with Crippen LogP contribution >= 0.6 is 0 Å². The molecule has 0 aliphatic rings. The summed E-state index contributed by atoms with van der Waals surface area (Å²) in [6.45, 7) is 3.13. The van der Waals surface area contributed by atoms with Crippen molar-refractivity contribution in [3.63, 3.8) is 0 Å². The first kappa shape index (κ1) is 29.0.